The van der Waals surface area contributed by atoms with E-state index in [0.29, 0.717) is 18.8 Å². The fourth-order valence-electron chi connectivity index (χ4n) is 3.22. The van der Waals surface area contributed by atoms with Gasteiger partial charge < -0.3 is 19.4 Å². The maximum absolute atomic E-state index is 12.6. The van der Waals surface area contributed by atoms with Gasteiger partial charge in [0.1, 0.15) is 19.0 Å². The summed E-state index contributed by atoms with van der Waals surface area (Å²) in [6, 6.07) is 13.3. The third kappa shape index (κ3) is 3.86. The van der Waals surface area contributed by atoms with E-state index in [0.717, 1.165) is 35.0 Å². The molecule has 1 atom stereocenters. The molecule has 4 rings (SSSR count). The van der Waals surface area contributed by atoms with E-state index in [-0.39, 0.29) is 11.9 Å². The lowest BCUT2D eigenvalue weighted by atomic mass is 10.1. The van der Waals surface area contributed by atoms with Crippen LogP contribution in [0.15, 0.2) is 54.9 Å². The number of imidazole rings is 1. The standard InChI is InChI=1S/C22H23N3O3/c1-15(19-7-8-20-21(13-19)28-12-11-27-20)24-22(26)18-5-3-17(4-6-18)14-25-10-9-23-16(25)2/h3-10,13,15H,11-12,14H2,1-2H3,(H,24,26)/t15-/m0/s1. The Bertz CT molecular complexity index is 979. The zero-order valence-electron chi connectivity index (χ0n) is 16.0. The number of nitrogens with one attached hydrogen (secondary N) is 1. The summed E-state index contributed by atoms with van der Waals surface area (Å²) in [7, 11) is 0. The SMILES string of the molecule is Cc1nccn1Cc1ccc(C(=O)N[C@@H](C)c2ccc3c(c2)OCCO3)cc1. The van der Waals surface area contributed by atoms with Crippen molar-refractivity contribution in [1.82, 2.24) is 14.9 Å². The van der Waals surface area contributed by atoms with Gasteiger partial charge in [0, 0.05) is 24.5 Å². The van der Waals surface area contributed by atoms with Crippen LogP contribution in [0.3, 0.4) is 0 Å². The topological polar surface area (TPSA) is 65.4 Å². The lowest BCUT2D eigenvalue weighted by molar-refractivity contribution is 0.0939. The molecule has 6 nitrogen and oxygen atoms in total. The minimum absolute atomic E-state index is 0.104. The number of aromatic nitrogens is 2. The van der Waals surface area contributed by atoms with Gasteiger partial charge in [-0.15, -0.1) is 0 Å². The largest absolute Gasteiger partial charge is 0.486 e. The third-order valence-corrected chi connectivity index (χ3v) is 4.91. The van der Waals surface area contributed by atoms with Crippen LogP contribution >= 0.6 is 0 Å². The molecule has 6 heteroatoms. The van der Waals surface area contributed by atoms with Gasteiger partial charge >= 0.3 is 0 Å². The summed E-state index contributed by atoms with van der Waals surface area (Å²) in [5.74, 6) is 2.34. The van der Waals surface area contributed by atoms with Gasteiger partial charge in [-0.1, -0.05) is 18.2 Å². The van der Waals surface area contributed by atoms with Gasteiger partial charge in [-0.25, -0.2) is 4.98 Å². The molecule has 0 spiro atoms. The van der Waals surface area contributed by atoms with Crippen molar-refractivity contribution in [3.8, 4) is 11.5 Å². The van der Waals surface area contributed by atoms with Crippen molar-refractivity contribution in [3.05, 3.63) is 77.4 Å². The monoisotopic (exact) mass is 377 g/mol. The van der Waals surface area contributed by atoms with E-state index in [1.54, 1.807) is 6.20 Å². The second kappa shape index (κ2) is 7.76. The number of hydrogen-bond donors (Lipinski definition) is 1. The van der Waals surface area contributed by atoms with Gasteiger partial charge in [-0.05, 0) is 49.2 Å². The Morgan fingerprint density at radius 3 is 2.61 bits per heavy atom. The molecular weight excluding hydrogens is 354 g/mol. The van der Waals surface area contributed by atoms with Gasteiger partial charge in [-0.3, -0.25) is 4.79 Å². The number of aryl methyl sites for hydroxylation is 1. The molecule has 3 aromatic rings. The van der Waals surface area contributed by atoms with Crippen molar-refractivity contribution in [1.29, 1.82) is 0 Å². The molecule has 2 aromatic carbocycles. The molecule has 144 valence electrons. The number of fused-ring (bicyclic) bond motifs is 1. The smallest absolute Gasteiger partial charge is 0.251 e. The van der Waals surface area contributed by atoms with Gasteiger partial charge in [0.25, 0.3) is 5.91 Å². The predicted molar refractivity (Wildman–Crippen MR) is 106 cm³/mol. The Kier molecular flexibility index (Phi) is 5.02. The van der Waals surface area contributed by atoms with Crippen molar-refractivity contribution in [3.63, 3.8) is 0 Å². The molecule has 1 aliphatic rings. The Morgan fingerprint density at radius 1 is 1.14 bits per heavy atom. The Morgan fingerprint density at radius 2 is 1.89 bits per heavy atom. The van der Waals surface area contributed by atoms with Crippen LogP contribution in [0, 0.1) is 6.92 Å². The second-order valence-corrected chi connectivity index (χ2v) is 6.90. The Hall–Kier alpha value is -3.28. The molecule has 0 unspecified atom stereocenters. The minimum atomic E-state index is -0.142. The molecule has 1 aromatic heterocycles. The van der Waals surface area contributed by atoms with E-state index in [4.69, 9.17) is 9.47 Å². The fraction of sp³-hybridized carbons (Fsp3) is 0.273. The number of carbonyl (C=O) groups is 1. The van der Waals surface area contributed by atoms with E-state index >= 15 is 0 Å². The van der Waals surface area contributed by atoms with Crippen molar-refractivity contribution in [2.45, 2.75) is 26.4 Å². The average molecular weight is 377 g/mol. The van der Waals surface area contributed by atoms with Gasteiger partial charge in [0.05, 0.1) is 6.04 Å². The summed E-state index contributed by atoms with van der Waals surface area (Å²) in [6.07, 6.45) is 3.74. The molecule has 2 heterocycles. The minimum Gasteiger partial charge on any atom is -0.486 e. The number of ether oxygens (including phenoxy) is 2. The fourth-order valence-corrected chi connectivity index (χ4v) is 3.22. The predicted octanol–water partition coefficient (Wildman–Crippen LogP) is 3.50. The molecule has 0 bridgehead atoms. The van der Waals surface area contributed by atoms with Crippen LogP contribution in [0.5, 0.6) is 11.5 Å². The highest BCUT2D eigenvalue weighted by Crippen LogP contribution is 2.32. The third-order valence-electron chi connectivity index (χ3n) is 4.91. The maximum atomic E-state index is 12.6. The Labute approximate surface area is 164 Å². The molecule has 0 fully saturated rings. The molecule has 0 aliphatic carbocycles. The second-order valence-electron chi connectivity index (χ2n) is 6.90. The zero-order chi connectivity index (χ0) is 19.5. The number of amides is 1. The summed E-state index contributed by atoms with van der Waals surface area (Å²) in [6.45, 7) is 5.78. The van der Waals surface area contributed by atoms with Crippen LogP contribution in [0.2, 0.25) is 0 Å². The van der Waals surface area contributed by atoms with Crippen LogP contribution in [-0.4, -0.2) is 28.7 Å². The first-order chi connectivity index (χ1) is 13.6. The van der Waals surface area contributed by atoms with Crippen LogP contribution in [-0.2, 0) is 6.54 Å². The highest BCUT2D eigenvalue weighted by atomic mass is 16.6. The number of carbonyl (C=O) groups excluding carboxylic acids is 1. The lowest BCUT2D eigenvalue weighted by Gasteiger charge is -2.21. The first-order valence-corrected chi connectivity index (χ1v) is 9.37. The summed E-state index contributed by atoms with van der Waals surface area (Å²) >= 11 is 0. The van der Waals surface area contributed by atoms with Gasteiger partial charge in [-0.2, -0.15) is 0 Å². The highest BCUT2D eigenvalue weighted by Gasteiger charge is 2.16. The Balaban J connectivity index is 1.41. The average Bonchev–Trinajstić information content (AvgIpc) is 3.12. The van der Waals surface area contributed by atoms with E-state index in [1.165, 1.54) is 0 Å². The van der Waals surface area contributed by atoms with E-state index in [1.807, 2.05) is 62.5 Å². The van der Waals surface area contributed by atoms with Crippen LogP contribution in [0.25, 0.3) is 0 Å². The molecule has 0 saturated heterocycles. The molecule has 1 amide bonds. The van der Waals surface area contributed by atoms with Crippen LogP contribution in [0.1, 0.15) is 40.3 Å². The first kappa shape index (κ1) is 18.1. The van der Waals surface area contributed by atoms with Crippen LogP contribution < -0.4 is 14.8 Å². The quantitative estimate of drug-likeness (QED) is 0.739. The first-order valence-electron chi connectivity index (χ1n) is 9.37. The van der Waals surface area contributed by atoms with Crippen LogP contribution in [0.4, 0.5) is 0 Å². The summed E-state index contributed by atoms with van der Waals surface area (Å²) in [4.78, 5) is 16.8. The van der Waals surface area contributed by atoms with E-state index in [2.05, 4.69) is 14.9 Å². The van der Waals surface area contributed by atoms with Crippen molar-refractivity contribution >= 4 is 5.91 Å². The van der Waals surface area contributed by atoms with Gasteiger partial charge in [0.15, 0.2) is 11.5 Å². The number of hydrogen-bond acceptors (Lipinski definition) is 4. The van der Waals surface area contributed by atoms with Crippen molar-refractivity contribution < 1.29 is 14.3 Å². The summed E-state index contributed by atoms with van der Waals surface area (Å²) in [5.41, 5.74) is 2.73. The number of rotatable bonds is 5. The maximum Gasteiger partial charge on any atom is 0.251 e. The molecule has 0 radical (unpaired) electrons. The molecule has 1 N–H and O–H groups in total. The molecule has 28 heavy (non-hydrogen) atoms. The van der Waals surface area contributed by atoms with E-state index in [9.17, 15) is 4.79 Å². The molecule has 1 aliphatic heterocycles. The zero-order valence-corrected chi connectivity index (χ0v) is 16.0. The van der Waals surface area contributed by atoms with Crippen molar-refractivity contribution in [2.75, 3.05) is 13.2 Å². The highest BCUT2D eigenvalue weighted by molar-refractivity contribution is 5.94. The number of nitrogens with zero attached hydrogens (tertiary/aromatic N) is 2. The molecule has 0 saturated carbocycles. The molecular formula is C22H23N3O3. The summed E-state index contributed by atoms with van der Waals surface area (Å²) < 4.78 is 13.2. The number of benzene rings is 2. The van der Waals surface area contributed by atoms with Gasteiger partial charge in [0.2, 0.25) is 0 Å². The normalized spacial score (nSPS) is 13.8. The summed E-state index contributed by atoms with van der Waals surface area (Å²) in [5, 5.41) is 3.04. The van der Waals surface area contributed by atoms with E-state index < -0.39 is 0 Å². The van der Waals surface area contributed by atoms with Crippen molar-refractivity contribution in [2.24, 2.45) is 0 Å². The lowest BCUT2D eigenvalue weighted by Crippen LogP contribution is -2.26.